The molecule has 4 aromatic carbocycles. The van der Waals surface area contributed by atoms with E-state index < -0.39 is 33.1 Å². The first-order valence-electron chi connectivity index (χ1n) is 11.1. The van der Waals surface area contributed by atoms with Gasteiger partial charge < -0.3 is 19.8 Å². The van der Waals surface area contributed by atoms with Crippen molar-refractivity contribution in [1.82, 2.24) is 0 Å². The summed E-state index contributed by atoms with van der Waals surface area (Å²) in [5.41, 5.74) is 0.895. The molecule has 0 atom stereocenters. The van der Waals surface area contributed by atoms with Crippen molar-refractivity contribution in [2.24, 2.45) is 0 Å². The average Bonchev–Trinajstić information content (AvgIpc) is 2.89. The van der Waals surface area contributed by atoms with Gasteiger partial charge >= 0.3 is 89.0 Å². The number of hydrogen-bond donors (Lipinski definition) is 0. The number of aliphatic carboxylic acids is 2. The molecule has 172 valence electrons. The summed E-state index contributed by atoms with van der Waals surface area (Å²) in [5.74, 6) is -2.97. The van der Waals surface area contributed by atoms with Crippen molar-refractivity contribution in [1.29, 1.82) is 0 Å². The summed E-state index contributed by atoms with van der Waals surface area (Å²) in [6, 6.07) is 39.2. The second kappa shape index (κ2) is 13.9. The molecule has 0 N–H and O–H groups in total. The molecular weight excluding hydrogens is 543 g/mol. The van der Waals surface area contributed by atoms with Crippen molar-refractivity contribution in [3.63, 3.8) is 0 Å². The quantitative estimate of drug-likeness (QED) is 0.240. The average molecular weight is 567 g/mol. The summed E-state index contributed by atoms with van der Waals surface area (Å²) in [6.45, 7) is 0. The van der Waals surface area contributed by atoms with E-state index in [9.17, 15) is 19.8 Å². The van der Waals surface area contributed by atoms with Crippen LogP contribution in [0.3, 0.4) is 0 Å². The van der Waals surface area contributed by atoms with Crippen LogP contribution in [0, 0.1) is 0 Å². The molecule has 35 heavy (non-hydrogen) atoms. The van der Waals surface area contributed by atoms with Gasteiger partial charge in [0, 0.05) is 0 Å². The fourth-order valence-electron chi connectivity index (χ4n) is 3.41. The second-order valence-corrected chi connectivity index (χ2v) is 11.7. The topological polar surface area (TPSA) is 80.3 Å². The first-order valence-corrected chi connectivity index (χ1v) is 14.0. The molecule has 0 aliphatic heterocycles. The van der Waals surface area contributed by atoms with Crippen LogP contribution in [0.4, 0.5) is 0 Å². The molecule has 4 nitrogen and oxygen atoms in total. The third-order valence-electron chi connectivity index (χ3n) is 5.14. The van der Waals surface area contributed by atoms with E-state index >= 15 is 0 Å². The fraction of sp³-hybridized carbons (Fsp3) is 0.0667. The Labute approximate surface area is 215 Å². The summed E-state index contributed by atoms with van der Waals surface area (Å²) in [6.07, 6.45) is -0.0291. The second-order valence-electron chi connectivity index (χ2n) is 7.71. The Hall–Kier alpha value is -3.64. The molecule has 0 spiro atoms. The van der Waals surface area contributed by atoms with Gasteiger partial charge in [0.15, 0.2) is 0 Å². The third-order valence-corrected chi connectivity index (χ3v) is 8.69. The van der Waals surface area contributed by atoms with Crippen LogP contribution in [0.5, 0.6) is 0 Å². The number of carboxylic acid groups (broad SMARTS) is 2. The minimum absolute atomic E-state index is 0.0146. The first kappa shape index (κ1) is 26.0. The van der Waals surface area contributed by atoms with Crippen molar-refractivity contribution < 1.29 is 19.8 Å². The zero-order chi connectivity index (χ0) is 24.9. The van der Waals surface area contributed by atoms with Gasteiger partial charge in [-0.2, -0.15) is 0 Å². The zero-order valence-electron chi connectivity index (χ0n) is 19.1. The fourth-order valence-corrected chi connectivity index (χ4v) is 6.42. The summed E-state index contributed by atoms with van der Waals surface area (Å²) in [4.78, 5) is 22.8. The summed E-state index contributed by atoms with van der Waals surface area (Å²) < 4.78 is 3.08. The van der Waals surface area contributed by atoms with Crippen LogP contribution in [0.1, 0.15) is 11.1 Å². The zero-order valence-corrected chi connectivity index (χ0v) is 21.9. The standard InChI is InChI=1S/C18H16O4.2C6H5.Sn/c19-17(20)15(11-13-7-3-1-4-8-13)16(18(21)22)12-14-9-5-2-6-10-14;2*1-2-4-6-5-3-1;/h1-10H,11-12H2,(H,19,20)(H,21,22);2*1-5H;/q;;;+2/p-2. The van der Waals surface area contributed by atoms with Crippen LogP contribution in [0.25, 0.3) is 0 Å². The maximum atomic E-state index is 11.4. The molecule has 0 fully saturated rings. The Bertz CT molecular complexity index is 1140. The van der Waals surface area contributed by atoms with E-state index in [0.29, 0.717) is 11.1 Å². The van der Waals surface area contributed by atoms with Gasteiger partial charge in [-0.05, 0) is 35.1 Å². The SMILES string of the molecule is O=C([O-])C(Cc1ccccc1)=C(Cc1ccccc1)C(=O)[O-].c1cc[c]([Sn+2][c]2ccccc2)cc1. The molecule has 0 unspecified atom stereocenters. The Morgan fingerprint density at radius 3 is 1.06 bits per heavy atom. The summed E-state index contributed by atoms with van der Waals surface area (Å²) >= 11 is -0.517. The van der Waals surface area contributed by atoms with Gasteiger partial charge in [0.2, 0.25) is 0 Å². The molecule has 0 saturated carbocycles. The Morgan fingerprint density at radius 2 is 0.771 bits per heavy atom. The van der Waals surface area contributed by atoms with Gasteiger partial charge in [0.25, 0.3) is 0 Å². The van der Waals surface area contributed by atoms with E-state index in [4.69, 9.17) is 0 Å². The predicted molar refractivity (Wildman–Crippen MR) is 135 cm³/mol. The Kier molecular flexibility index (Phi) is 10.3. The molecule has 0 radical (unpaired) electrons. The Morgan fingerprint density at radius 1 is 0.486 bits per heavy atom. The van der Waals surface area contributed by atoms with Gasteiger partial charge in [-0.3, -0.25) is 0 Å². The van der Waals surface area contributed by atoms with E-state index in [-0.39, 0.29) is 24.0 Å². The molecule has 0 saturated heterocycles. The van der Waals surface area contributed by atoms with Gasteiger partial charge in [0.1, 0.15) is 0 Å². The summed E-state index contributed by atoms with van der Waals surface area (Å²) in [7, 11) is 0. The molecule has 0 bridgehead atoms. The number of rotatable bonds is 8. The van der Waals surface area contributed by atoms with Crippen molar-refractivity contribution in [2.75, 3.05) is 0 Å². The first-order chi connectivity index (χ1) is 17.0. The van der Waals surface area contributed by atoms with Crippen molar-refractivity contribution in [3.8, 4) is 0 Å². The normalized spacial score (nSPS) is 10.7. The molecule has 5 heteroatoms. The van der Waals surface area contributed by atoms with Gasteiger partial charge in [-0.15, -0.1) is 0 Å². The van der Waals surface area contributed by atoms with Crippen LogP contribution >= 0.6 is 0 Å². The number of benzene rings is 4. The molecule has 4 rings (SSSR count). The monoisotopic (exact) mass is 568 g/mol. The molecule has 0 aromatic heterocycles. The van der Waals surface area contributed by atoms with Crippen molar-refractivity contribution >= 4 is 40.2 Å². The predicted octanol–water partition coefficient (Wildman–Crippen LogP) is 1.61. The van der Waals surface area contributed by atoms with Crippen LogP contribution in [0.2, 0.25) is 0 Å². The maximum absolute atomic E-state index is 11.4. The van der Waals surface area contributed by atoms with Gasteiger partial charge in [-0.25, -0.2) is 0 Å². The number of hydrogen-bond acceptors (Lipinski definition) is 4. The number of carboxylic acids is 2. The van der Waals surface area contributed by atoms with E-state index in [0.717, 1.165) is 0 Å². The van der Waals surface area contributed by atoms with E-state index in [1.807, 2.05) is 0 Å². The van der Waals surface area contributed by atoms with E-state index in [2.05, 4.69) is 60.7 Å². The molecule has 0 aliphatic carbocycles. The molecule has 0 aliphatic rings. The van der Waals surface area contributed by atoms with Crippen molar-refractivity contribution in [2.45, 2.75) is 12.8 Å². The van der Waals surface area contributed by atoms with Crippen LogP contribution < -0.4 is 17.4 Å². The third kappa shape index (κ3) is 8.91. The van der Waals surface area contributed by atoms with Crippen LogP contribution in [0.15, 0.2) is 132 Å². The van der Waals surface area contributed by atoms with Crippen LogP contribution in [-0.2, 0) is 22.4 Å². The summed E-state index contributed by atoms with van der Waals surface area (Å²) in [5, 5.41) is 22.8. The number of carbonyl (C=O) groups excluding carboxylic acids is 2. The van der Waals surface area contributed by atoms with Gasteiger partial charge in [-0.1, -0.05) is 60.7 Å². The minimum atomic E-state index is -1.49. The van der Waals surface area contributed by atoms with Crippen molar-refractivity contribution in [3.05, 3.63) is 144 Å². The van der Waals surface area contributed by atoms with Gasteiger partial charge in [0.05, 0.1) is 11.9 Å². The van der Waals surface area contributed by atoms with E-state index in [1.54, 1.807) is 60.7 Å². The molecule has 0 amide bonds. The number of carbonyl (C=O) groups is 2. The molecule has 0 heterocycles. The Balaban J connectivity index is 0.000000223. The molecule has 4 aromatic rings. The van der Waals surface area contributed by atoms with E-state index in [1.165, 1.54) is 7.16 Å². The molecular formula is C30H24O4Sn. The van der Waals surface area contributed by atoms with Crippen LogP contribution in [-0.4, -0.2) is 33.1 Å².